The Morgan fingerprint density at radius 1 is 1.41 bits per heavy atom. The van der Waals surface area contributed by atoms with E-state index in [0.29, 0.717) is 5.92 Å². The highest BCUT2D eigenvalue weighted by Gasteiger charge is 2.23. The van der Waals surface area contributed by atoms with E-state index in [1.807, 2.05) is 12.4 Å². The van der Waals surface area contributed by atoms with Crippen LogP contribution in [-0.4, -0.2) is 38.2 Å². The van der Waals surface area contributed by atoms with Gasteiger partial charge in [-0.15, -0.1) is 0 Å². The molecule has 0 saturated heterocycles. The van der Waals surface area contributed by atoms with E-state index in [9.17, 15) is 0 Å². The molecule has 1 N–H and O–H groups in total. The van der Waals surface area contributed by atoms with Crippen LogP contribution < -0.4 is 0 Å². The summed E-state index contributed by atoms with van der Waals surface area (Å²) in [7, 11) is 2.21. The second-order valence-electron chi connectivity index (χ2n) is 7.62. The molecule has 0 aliphatic carbocycles. The molecule has 0 aromatic carbocycles. The lowest BCUT2D eigenvalue weighted by Gasteiger charge is -2.28. The highest BCUT2D eigenvalue weighted by molar-refractivity contribution is 5.23. The molecule has 5 heteroatoms. The van der Waals surface area contributed by atoms with Crippen LogP contribution in [0, 0.1) is 5.92 Å². The van der Waals surface area contributed by atoms with Crippen LogP contribution in [0.5, 0.6) is 0 Å². The number of fused-ring (bicyclic) bond motifs is 1. The summed E-state index contributed by atoms with van der Waals surface area (Å²) in [5.41, 5.74) is 2.68. The Kier molecular flexibility index (Phi) is 4.08. The number of aromatic nitrogens is 4. The number of aryl methyl sites for hydroxylation is 1. The van der Waals surface area contributed by atoms with Gasteiger partial charge in [0.2, 0.25) is 0 Å². The largest absolute Gasteiger partial charge is 0.335 e. The van der Waals surface area contributed by atoms with E-state index in [1.165, 1.54) is 23.5 Å². The molecule has 3 heterocycles. The lowest BCUT2D eigenvalue weighted by molar-refractivity contribution is 0.228. The first kappa shape index (κ1) is 15.3. The second-order valence-corrected chi connectivity index (χ2v) is 7.62. The Labute approximate surface area is 132 Å². The van der Waals surface area contributed by atoms with Gasteiger partial charge >= 0.3 is 0 Å². The van der Waals surface area contributed by atoms with Gasteiger partial charge in [0.05, 0.1) is 6.20 Å². The maximum Gasteiger partial charge on any atom is 0.108 e. The van der Waals surface area contributed by atoms with Gasteiger partial charge < -0.3 is 9.47 Å². The van der Waals surface area contributed by atoms with Crippen LogP contribution in [0.15, 0.2) is 18.6 Å². The van der Waals surface area contributed by atoms with Crippen molar-refractivity contribution in [3.05, 3.63) is 35.7 Å². The van der Waals surface area contributed by atoms with E-state index in [2.05, 4.69) is 58.7 Å². The normalized spacial score (nSPS) is 18.7. The molecule has 0 amide bonds. The van der Waals surface area contributed by atoms with Crippen molar-refractivity contribution in [3.63, 3.8) is 0 Å². The molecule has 120 valence electrons. The standard InChI is InChI=1S/C17H27N5/c1-17(2,3)16-14(9-19-20-16)12-21(4)10-13-5-6-15-18-7-8-22(15)11-13/h7-9,13H,5-6,10-12H2,1-4H3,(H,19,20)/t13-/m1/s1. The molecular formula is C17H27N5. The molecule has 0 bridgehead atoms. The number of hydrogen-bond acceptors (Lipinski definition) is 3. The Bertz CT molecular complexity index is 619. The van der Waals surface area contributed by atoms with Crippen molar-refractivity contribution < 1.29 is 0 Å². The first-order valence-electron chi connectivity index (χ1n) is 8.15. The second kappa shape index (κ2) is 5.88. The van der Waals surface area contributed by atoms with Crippen molar-refractivity contribution in [1.29, 1.82) is 0 Å². The first-order chi connectivity index (χ1) is 10.4. The molecule has 5 nitrogen and oxygen atoms in total. The third-order valence-electron chi connectivity index (χ3n) is 4.51. The number of rotatable bonds is 4. The minimum absolute atomic E-state index is 0.114. The molecule has 1 aliphatic heterocycles. The van der Waals surface area contributed by atoms with Crippen LogP contribution in [0.4, 0.5) is 0 Å². The SMILES string of the molecule is CN(Cc1cn[nH]c1C(C)(C)C)C[C@H]1CCc2nccn2C1. The summed E-state index contributed by atoms with van der Waals surface area (Å²) in [5, 5.41) is 7.42. The summed E-state index contributed by atoms with van der Waals surface area (Å²) < 4.78 is 2.31. The Morgan fingerprint density at radius 3 is 3.00 bits per heavy atom. The molecule has 22 heavy (non-hydrogen) atoms. The molecule has 2 aromatic heterocycles. The van der Waals surface area contributed by atoms with Gasteiger partial charge in [0.25, 0.3) is 0 Å². The maximum atomic E-state index is 4.41. The fourth-order valence-electron chi connectivity index (χ4n) is 3.46. The summed E-state index contributed by atoms with van der Waals surface area (Å²) >= 11 is 0. The average Bonchev–Trinajstić information content (AvgIpc) is 3.05. The van der Waals surface area contributed by atoms with Crippen molar-refractivity contribution in [2.75, 3.05) is 13.6 Å². The molecule has 1 aliphatic rings. The van der Waals surface area contributed by atoms with E-state index in [0.717, 1.165) is 26.1 Å². The summed E-state index contributed by atoms with van der Waals surface area (Å²) in [6, 6.07) is 0. The van der Waals surface area contributed by atoms with Crippen LogP contribution in [0.2, 0.25) is 0 Å². The molecule has 0 fully saturated rings. The fourth-order valence-corrected chi connectivity index (χ4v) is 3.46. The van der Waals surface area contributed by atoms with Gasteiger partial charge in [-0.25, -0.2) is 4.98 Å². The zero-order valence-electron chi connectivity index (χ0n) is 14.1. The van der Waals surface area contributed by atoms with Gasteiger partial charge in [-0.1, -0.05) is 20.8 Å². The van der Waals surface area contributed by atoms with E-state index < -0.39 is 0 Å². The van der Waals surface area contributed by atoms with Gasteiger partial charge in [-0.3, -0.25) is 5.10 Å². The zero-order valence-corrected chi connectivity index (χ0v) is 14.1. The molecule has 1 atom stereocenters. The third kappa shape index (κ3) is 3.24. The number of imidazole rings is 1. The number of H-pyrrole nitrogens is 1. The number of aromatic amines is 1. The molecule has 0 saturated carbocycles. The van der Waals surface area contributed by atoms with Crippen molar-refractivity contribution in [2.24, 2.45) is 5.92 Å². The first-order valence-corrected chi connectivity index (χ1v) is 8.15. The maximum absolute atomic E-state index is 4.41. The van der Waals surface area contributed by atoms with Crippen molar-refractivity contribution in [3.8, 4) is 0 Å². The van der Waals surface area contributed by atoms with Gasteiger partial charge in [0.15, 0.2) is 0 Å². The van der Waals surface area contributed by atoms with Crippen LogP contribution in [0.3, 0.4) is 0 Å². The zero-order chi connectivity index (χ0) is 15.7. The summed E-state index contributed by atoms with van der Waals surface area (Å²) in [4.78, 5) is 6.83. The fraction of sp³-hybridized carbons (Fsp3) is 0.647. The van der Waals surface area contributed by atoms with Crippen molar-refractivity contribution >= 4 is 0 Å². The quantitative estimate of drug-likeness (QED) is 0.944. The Hall–Kier alpha value is -1.62. The Balaban J connectivity index is 1.60. The molecule has 0 spiro atoms. The summed E-state index contributed by atoms with van der Waals surface area (Å²) in [5.74, 6) is 1.94. The highest BCUT2D eigenvalue weighted by atomic mass is 15.1. The monoisotopic (exact) mass is 301 g/mol. The minimum atomic E-state index is 0.114. The summed E-state index contributed by atoms with van der Waals surface area (Å²) in [6.45, 7) is 9.85. The smallest absolute Gasteiger partial charge is 0.108 e. The number of nitrogens with zero attached hydrogens (tertiary/aromatic N) is 4. The topological polar surface area (TPSA) is 49.7 Å². The predicted octanol–water partition coefficient (Wildman–Crippen LogP) is 2.60. The van der Waals surface area contributed by atoms with Crippen LogP contribution in [0.25, 0.3) is 0 Å². The molecule has 0 unspecified atom stereocenters. The van der Waals surface area contributed by atoms with Gasteiger partial charge in [-0.05, 0) is 19.4 Å². The van der Waals surface area contributed by atoms with Crippen LogP contribution in [-0.2, 0) is 24.9 Å². The average molecular weight is 301 g/mol. The lowest BCUT2D eigenvalue weighted by atomic mass is 9.89. The molecule has 2 aromatic rings. The molecule has 3 rings (SSSR count). The molecular weight excluding hydrogens is 274 g/mol. The summed E-state index contributed by atoms with van der Waals surface area (Å²) in [6.07, 6.45) is 8.34. The molecule has 0 radical (unpaired) electrons. The Morgan fingerprint density at radius 2 is 2.23 bits per heavy atom. The number of nitrogens with one attached hydrogen (secondary N) is 1. The van der Waals surface area contributed by atoms with E-state index in [-0.39, 0.29) is 5.41 Å². The van der Waals surface area contributed by atoms with E-state index in [4.69, 9.17) is 0 Å². The van der Waals surface area contributed by atoms with Gasteiger partial charge in [-0.2, -0.15) is 5.10 Å². The van der Waals surface area contributed by atoms with Gasteiger partial charge in [0.1, 0.15) is 5.82 Å². The van der Waals surface area contributed by atoms with Crippen LogP contribution in [0.1, 0.15) is 44.3 Å². The minimum Gasteiger partial charge on any atom is -0.335 e. The van der Waals surface area contributed by atoms with Crippen molar-refractivity contribution in [1.82, 2.24) is 24.6 Å². The van der Waals surface area contributed by atoms with Crippen molar-refractivity contribution in [2.45, 2.75) is 52.1 Å². The number of hydrogen-bond donors (Lipinski definition) is 1. The van der Waals surface area contributed by atoms with Gasteiger partial charge in [0, 0.05) is 55.1 Å². The highest BCUT2D eigenvalue weighted by Crippen LogP contribution is 2.25. The lowest BCUT2D eigenvalue weighted by Crippen LogP contribution is -2.31. The van der Waals surface area contributed by atoms with Crippen LogP contribution >= 0.6 is 0 Å². The third-order valence-corrected chi connectivity index (χ3v) is 4.51. The predicted molar refractivity (Wildman–Crippen MR) is 87.7 cm³/mol. The van der Waals surface area contributed by atoms with E-state index in [1.54, 1.807) is 0 Å². The van der Waals surface area contributed by atoms with E-state index >= 15 is 0 Å².